The molecule has 1 heterocycles. The SMILES string of the molecule is CNC(C)c1cnc(C2(c3ccccc3)CCCCC2)s1. The molecule has 1 aliphatic carbocycles. The van der Waals surface area contributed by atoms with Gasteiger partial charge in [-0.05, 0) is 32.4 Å². The molecule has 21 heavy (non-hydrogen) atoms. The van der Waals surface area contributed by atoms with E-state index in [0.29, 0.717) is 6.04 Å². The van der Waals surface area contributed by atoms with Crippen molar-refractivity contribution < 1.29 is 0 Å². The number of nitrogens with zero attached hydrogens (tertiary/aromatic N) is 1. The Labute approximate surface area is 131 Å². The lowest BCUT2D eigenvalue weighted by Crippen LogP contribution is -2.30. The van der Waals surface area contributed by atoms with Crippen LogP contribution in [0.25, 0.3) is 0 Å². The number of thiazole rings is 1. The Morgan fingerprint density at radius 3 is 2.52 bits per heavy atom. The molecule has 2 aromatic rings. The summed E-state index contributed by atoms with van der Waals surface area (Å²) in [7, 11) is 2.01. The first-order valence-electron chi connectivity index (χ1n) is 7.95. The molecule has 1 aromatic carbocycles. The van der Waals surface area contributed by atoms with Crippen molar-refractivity contribution in [1.82, 2.24) is 10.3 Å². The second-order valence-electron chi connectivity index (χ2n) is 6.09. The maximum absolute atomic E-state index is 4.84. The molecule has 1 aromatic heterocycles. The summed E-state index contributed by atoms with van der Waals surface area (Å²) < 4.78 is 0. The molecule has 1 atom stereocenters. The Morgan fingerprint density at radius 1 is 1.14 bits per heavy atom. The van der Waals surface area contributed by atoms with Gasteiger partial charge in [0.25, 0.3) is 0 Å². The zero-order valence-electron chi connectivity index (χ0n) is 12.9. The van der Waals surface area contributed by atoms with Crippen molar-refractivity contribution in [3.8, 4) is 0 Å². The standard InChI is InChI=1S/C18H24N2S/c1-14(19-2)16-13-20-17(21-16)18(11-7-4-8-12-18)15-9-5-3-6-10-15/h3,5-6,9-10,13-14,19H,4,7-8,11-12H2,1-2H3. The Bertz CT molecular complexity index is 570. The predicted octanol–water partition coefficient (Wildman–Crippen LogP) is 4.67. The van der Waals surface area contributed by atoms with E-state index in [1.165, 1.54) is 47.6 Å². The average molecular weight is 300 g/mol. The van der Waals surface area contributed by atoms with Gasteiger partial charge in [-0.1, -0.05) is 49.6 Å². The molecule has 0 bridgehead atoms. The summed E-state index contributed by atoms with van der Waals surface area (Å²) in [4.78, 5) is 6.18. The van der Waals surface area contributed by atoms with E-state index in [9.17, 15) is 0 Å². The summed E-state index contributed by atoms with van der Waals surface area (Å²) in [6.07, 6.45) is 8.52. The largest absolute Gasteiger partial charge is 0.312 e. The number of aromatic nitrogens is 1. The molecular formula is C18H24N2S. The van der Waals surface area contributed by atoms with Gasteiger partial charge in [0.05, 0.1) is 0 Å². The summed E-state index contributed by atoms with van der Waals surface area (Å²) in [6, 6.07) is 11.4. The molecule has 0 aliphatic heterocycles. The Kier molecular flexibility index (Phi) is 4.41. The van der Waals surface area contributed by atoms with Crippen LogP contribution in [0.5, 0.6) is 0 Å². The van der Waals surface area contributed by atoms with Gasteiger partial charge in [-0.15, -0.1) is 11.3 Å². The topological polar surface area (TPSA) is 24.9 Å². The molecule has 1 N–H and O–H groups in total. The molecule has 1 saturated carbocycles. The summed E-state index contributed by atoms with van der Waals surface area (Å²) in [5.41, 5.74) is 1.60. The van der Waals surface area contributed by atoms with Gasteiger partial charge in [-0.25, -0.2) is 4.98 Å². The lowest BCUT2D eigenvalue weighted by atomic mass is 9.70. The first-order chi connectivity index (χ1) is 10.3. The summed E-state index contributed by atoms with van der Waals surface area (Å²) in [5.74, 6) is 0. The Hall–Kier alpha value is -1.19. The van der Waals surface area contributed by atoms with Crippen LogP contribution in [0.2, 0.25) is 0 Å². The fraction of sp³-hybridized carbons (Fsp3) is 0.500. The van der Waals surface area contributed by atoms with E-state index in [1.807, 2.05) is 18.4 Å². The van der Waals surface area contributed by atoms with E-state index in [1.54, 1.807) is 0 Å². The monoisotopic (exact) mass is 300 g/mol. The highest BCUT2D eigenvalue weighted by Gasteiger charge is 2.38. The quantitative estimate of drug-likeness (QED) is 0.887. The Morgan fingerprint density at radius 2 is 1.86 bits per heavy atom. The highest BCUT2D eigenvalue weighted by molar-refractivity contribution is 7.11. The normalized spacial score (nSPS) is 19.3. The maximum Gasteiger partial charge on any atom is 0.103 e. The van der Waals surface area contributed by atoms with E-state index in [4.69, 9.17) is 4.98 Å². The summed E-state index contributed by atoms with van der Waals surface area (Å²) in [5, 5.41) is 4.63. The van der Waals surface area contributed by atoms with Crippen molar-refractivity contribution in [2.75, 3.05) is 7.05 Å². The smallest absolute Gasteiger partial charge is 0.103 e. The van der Waals surface area contributed by atoms with E-state index in [0.717, 1.165) is 0 Å². The molecule has 0 spiro atoms. The van der Waals surface area contributed by atoms with Gasteiger partial charge < -0.3 is 5.32 Å². The number of hydrogen-bond acceptors (Lipinski definition) is 3. The van der Waals surface area contributed by atoms with Crippen LogP contribution >= 0.6 is 11.3 Å². The van der Waals surface area contributed by atoms with Crippen molar-refractivity contribution >= 4 is 11.3 Å². The van der Waals surface area contributed by atoms with Gasteiger partial charge in [-0.2, -0.15) is 0 Å². The van der Waals surface area contributed by atoms with Gasteiger partial charge in [0, 0.05) is 22.5 Å². The highest BCUT2D eigenvalue weighted by Crippen LogP contribution is 2.46. The van der Waals surface area contributed by atoms with Crippen LogP contribution < -0.4 is 5.32 Å². The molecule has 2 nitrogen and oxygen atoms in total. The maximum atomic E-state index is 4.84. The van der Waals surface area contributed by atoms with Crippen molar-refractivity contribution in [3.63, 3.8) is 0 Å². The number of rotatable bonds is 4. The van der Waals surface area contributed by atoms with E-state index < -0.39 is 0 Å². The van der Waals surface area contributed by atoms with Crippen molar-refractivity contribution in [3.05, 3.63) is 52.0 Å². The Balaban J connectivity index is 2.02. The molecule has 0 saturated heterocycles. The number of nitrogens with one attached hydrogen (secondary N) is 1. The molecule has 3 heteroatoms. The van der Waals surface area contributed by atoms with Gasteiger partial charge >= 0.3 is 0 Å². The van der Waals surface area contributed by atoms with Crippen LogP contribution in [-0.2, 0) is 5.41 Å². The van der Waals surface area contributed by atoms with Gasteiger partial charge in [-0.3, -0.25) is 0 Å². The third-order valence-corrected chi connectivity index (χ3v) is 6.21. The van der Waals surface area contributed by atoms with Gasteiger partial charge in [0.2, 0.25) is 0 Å². The molecule has 112 valence electrons. The number of hydrogen-bond donors (Lipinski definition) is 1. The number of benzene rings is 1. The fourth-order valence-corrected chi connectivity index (χ4v) is 4.63. The van der Waals surface area contributed by atoms with Crippen LogP contribution in [0, 0.1) is 0 Å². The molecular weight excluding hydrogens is 276 g/mol. The summed E-state index contributed by atoms with van der Waals surface area (Å²) in [6.45, 7) is 2.20. The summed E-state index contributed by atoms with van der Waals surface area (Å²) >= 11 is 1.89. The lowest BCUT2D eigenvalue weighted by Gasteiger charge is -2.36. The van der Waals surface area contributed by atoms with Crippen LogP contribution in [0.1, 0.15) is 60.5 Å². The minimum Gasteiger partial charge on any atom is -0.312 e. The second-order valence-corrected chi connectivity index (χ2v) is 7.15. The third kappa shape index (κ3) is 2.77. The van der Waals surface area contributed by atoms with E-state index in [2.05, 4.69) is 48.8 Å². The predicted molar refractivity (Wildman–Crippen MR) is 89.9 cm³/mol. The van der Waals surface area contributed by atoms with Crippen LogP contribution in [0.15, 0.2) is 36.5 Å². The minimum absolute atomic E-state index is 0.149. The third-order valence-electron chi connectivity index (χ3n) is 4.83. The minimum atomic E-state index is 0.149. The van der Waals surface area contributed by atoms with Gasteiger partial charge in [0.15, 0.2) is 0 Å². The molecule has 0 radical (unpaired) electrons. The molecule has 1 fully saturated rings. The lowest BCUT2D eigenvalue weighted by molar-refractivity contribution is 0.345. The zero-order chi connectivity index (χ0) is 14.7. The van der Waals surface area contributed by atoms with Crippen molar-refractivity contribution in [1.29, 1.82) is 0 Å². The van der Waals surface area contributed by atoms with Crippen molar-refractivity contribution in [2.45, 2.75) is 50.5 Å². The average Bonchev–Trinajstić information content (AvgIpc) is 3.06. The van der Waals surface area contributed by atoms with E-state index >= 15 is 0 Å². The van der Waals surface area contributed by atoms with E-state index in [-0.39, 0.29) is 5.41 Å². The second kappa shape index (κ2) is 6.29. The highest BCUT2D eigenvalue weighted by atomic mass is 32.1. The van der Waals surface area contributed by atoms with Crippen LogP contribution in [0.4, 0.5) is 0 Å². The fourth-order valence-electron chi connectivity index (χ4n) is 3.39. The molecule has 3 rings (SSSR count). The van der Waals surface area contributed by atoms with Crippen LogP contribution in [0.3, 0.4) is 0 Å². The van der Waals surface area contributed by atoms with Gasteiger partial charge in [0.1, 0.15) is 5.01 Å². The first-order valence-corrected chi connectivity index (χ1v) is 8.77. The molecule has 1 unspecified atom stereocenters. The van der Waals surface area contributed by atoms with Crippen LogP contribution in [-0.4, -0.2) is 12.0 Å². The van der Waals surface area contributed by atoms with Crippen molar-refractivity contribution in [2.24, 2.45) is 0 Å². The molecule has 0 amide bonds. The molecule has 1 aliphatic rings. The zero-order valence-corrected chi connectivity index (χ0v) is 13.7. The first kappa shape index (κ1) is 14.7.